The number of rotatable bonds is 0. The predicted molar refractivity (Wildman–Crippen MR) is 64.0 cm³/mol. The highest BCUT2D eigenvalue weighted by molar-refractivity contribution is 6.08. The zero-order chi connectivity index (χ0) is 10.3. The van der Waals surface area contributed by atoms with Crippen LogP contribution >= 0.6 is 0 Å². The summed E-state index contributed by atoms with van der Waals surface area (Å²) in [6, 6.07) is 14.8. The lowest BCUT2D eigenvalue weighted by Crippen LogP contribution is -1.84. The molecule has 1 heteroatoms. The number of fused-ring (bicyclic) bond motifs is 3. The highest BCUT2D eigenvalue weighted by Gasteiger charge is 2.02. The van der Waals surface area contributed by atoms with Crippen LogP contribution in [0, 0.1) is 6.92 Å². The van der Waals surface area contributed by atoms with Gasteiger partial charge in [0.25, 0.3) is 0 Å². The first-order chi connectivity index (χ1) is 7.36. The molecule has 3 rings (SSSR count). The molecular weight excluding hydrogens is 182 g/mol. The largest absolute Gasteiger partial charge is 0.261 e. The van der Waals surface area contributed by atoms with E-state index in [4.69, 9.17) is 0 Å². The van der Waals surface area contributed by atoms with E-state index in [0.717, 1.165) is 5.69 Å². The second kappa shape index (κ2) is 3.06. The van der Waals surface area contributed by atoms with Gasteiger partial charge in [-0.1, -0.05) is 36.4 Å². The molecule has 2 aromatic carbocycles. The van der Waals surface area contributed by atoms with E-state index in [9.17, 15) is 0 Å². The number of nitrogens with zero attached hydrogens (tertiary/aromatic N) is 1. The van der Waals surface area contributed by atoms with Gasteiger partial charge >= 0.3 is 0 Å². The van der Waals surface area contributed by atoms with E-state index in [0.29, 0.717) is 0 Å². The Morgan fingerprint density at radius 2 is 1.67 bits per heavy atom. The first kappa shape index (κ1) is 8.42. The quantitative estimate of drug-likeness (QED) is 0.496. The summed E-state index contributed by atoms with van der Waals surface area (Å²) < 4.78 is 0. The van der Waals surface area contributed by atoms with E-state index >= 15 is 0 Å². The van der Waals surface area contributed by atoms with E-state index in [-0.39, 0.29) is 0 Å². The number of aryl methyl sites for hydroxylation is 1. The highest BCUT2D eigenvalue weighted by atomic mass is 14.7. The molecule has 0 N–H and O–H groups in total. The van der Waals surface area contributed by atoms with Crippen LogP contribution in [0.1, 0.15) is 5.69 Å². The third-order valence-electron chi connectivity index (χ3n) is 2.85. The van der Waals surface area contributed by atoms with Crippen molar-refractivity contribution < 1.29 is 0 Å². The van der Waals surface area contributed by atoms with Gasteiger partial charge in [-0.25, -0.2) is 0 Å². The van der Waals surface area contributed by atoms with Gasteiger partial charge < -0.3 is 0 Å². The Labute approximate surface area is 88.4 Å². The van der Waals surface area contributed by atoms with Gasteiger partial charge in [0.1, 0.15) is 0 Å². The van der Waals surface area contributed by atoms with Gasteiger partial charge in [-0.3, -0.25) is 4.98 Å². The van der Waals surface area contributed by atoms with Crippen molar-refractivity contribution in [2.45, 2.75) is 6.92 Å². The fourth-order valence-electron chi connectivity index (χ4n) is 2.13. The number of hydrogen-bond acceptors (Lipinski definition) is 1. The topological polar surface area (TPSA) is 12.9 Å². The van der Waals surface area contributed by atoms with Crippen molar-refractivity contribution >= 4 is 21.5 Å². The smallest absolute Gasteiger partial charge is 0.0457 e. The average molecular weight is 193 g/mol. The number of hydrogen-bond donors (Lipinski definition) is 0. The number of aromatic nitrogens is 1. The van der Waals surface area contributed by atoms with Crippen molar-refractivity contribution in [1.29, 1.82) is 0 Å². The third kappa shape index (κ3) is 1.20. The van der Waals surface area contributed by atoms with E-state index in [2.05, 4.69) is 54.4 Å². The van der Waals surface area contributed by atoms with Gasteiger partial charge in [0.2, 0.25) is 0 Å². The molecule has 0 saturated carbocycles. The first-order valence-corrected chi connectivity index (χ1v) is 5.09. The second-order valence-corrected chi connectivity index (χ2v) is 3.78. The van der Waals surface area contributed by atoms with Crippen LogP contribution in [-0.4, -0.2) is 4.98 Å². The van der Waals surface area contributed by atoms with Crippen LogP contribution in [-0.2, 0) is 0 Å². The summed E-state index contributed by atoms with van der Waals surface area (Å²) in [5.41, 5.74) is 1.10. The SMILES string of the molecule is Cc1nccc2ccc3ccccc3c12. The molecule has 0 unspecified atom stereocenters. The summed E-state index contributed by atoms with van der Waals surface area (Å²) in [7, 11) is 0. The molecule has 1 heterocycles. The average Bonchev–Trinajstić information content (AvgIpc) is 2.29. The molecule has 1 aromatic heterocycles. The molecular formula is C14H11N. The van der Waals surface area contributed by atoms with Gasteiger partial charge in [0, 0.05) is 17.3 Å². The summed E-state index contributed by atoms with van der Waals surface area (Å²) in [6.07, 6.45) is 1.87. The molecule has 0 amide bonds. The summed E-state index contributed by atoms with van der Waals surface area (Å²) in [5, 5.41) is 5.11. The van der Waals surface area contributed by atoms with Crippen LogP contribution < -0.4 is 0 Å². The fourth-order valence-corrected chi connectivity index (χ4v) is 2.13. The third-order valence-corrected chi connectivity index (χ3v) is 2.85. The van der Waals surface area contributed by atoms with Crippen LogP contribution in [0.4, 0.5) is 0 Å². The molecule has 15 heavy (non-hydrogen) atoms. The maximum Gasteiger partial charge on any atom is 0.0457 e. The molecule has 1 nitrogen and oxygen atoms in total. The fraction of sp³-hybridized carbons (Fsp3) is 0.0714. The minimum absolute atomic E-state index is 1.10. The molecule has 0 aliphatic heterocycles. The zero-order valence-electron chi connectivity index (χ0n) is 8.57. The maximum absolute atomic E-state index is 4.36. The van der Waals surface area contributed by atoms with Crippen molar-refractivity contribution in [3.63, 3.8) is 0 Å². The van der Waals surface area contributed by atoms with Crippen molar-refractivity contribution in [3.8, 4) is 0 Å². The van der Waals surface area contributed by atoms with Gasteiger partial charge in [-0.2, -0.15) is 0 Å². The van der Waals surface area contributed by atoms with Crippen LogP contribution in [0.5, 0.6) is 0 Å². The van der Waals surface area contributed by atoms with Gasteiger partial charge in [-0.15, -0.1) is 0 Å². The molecule has 0 spiro atoms. The lowest BCUT2D eigenvalue weighted by Gasteiger charge is -2.05. The molecule has 3 aromatic rings. The van der Waals surface area contributed by atoms with Crippen LogP contribution in [0.3, 0.4) is 0 Å². The standard InChI is InChI=1S/C14H11N/c1-10-14-12(8-9-15-10)7-6-11-4-2-3-5-13(11)14/h2-9H,1H3. The zero-order valence-corrected chi connectivity index (χ0v) is 8.57. The normalized spacial score (nSPS) is 11.0. The lowest BCUT2D eigenvalue weighted by atomic mass is 10.0. The minimum Gasteiger partial charge on any atom is -0.261 e. The minimum atomic E-state index is 1.10. The van der Waals surface area contributed by atoms with Crippen molar-refractivity contribution in [2.24, 2.45) is 0 Å². The number of benzene rings is 2. The molecule has 0 fully saturated rings. The molecule has 0 aliphatic rings. The van der Waals surface area contributed by atoms with Crippen molar-refractivity contribution in [2.75, 3.05) is 0 Å². The Hall–Kier alpha value is -1.89. The van der Waals surface area contributed by atoms with Gasteiger partial charge in [0.05, 0.1) is 0 Å². The van der Waals surface area contributed by atoms with Gasteiger partial charge in [0.15, 0.2) is 0 Å². The van der Waals surface area contributed by atoms with Crippen LogP contribution in [0.2, 0.25) is 0 Å². The molecule has 0 aliphatic carbocycles. The summed E-state index contributed by atoms with van der Waals surface area (Å²) in [5.74, 6) is 0. The Balaban J connectivity index is 2.64. The van der Waals surface area contributed by atoms with E-state index < -0.39 is 0 Å². The summed E-state index contributed by atoms with van der Waals surface area (Å²) in [6.45, 7) is 2.06. The predicted octanol–water partition coefficient (Wildman–Crippen LogP) is 3.70. The van der Waals surface area contributed by atoms with Crippen molar-refractivity contribution in [1.82, 2.24) is 4.98 Å². The number of pyridine rings is 1. The molecule has 0 bridgehead atoms. The van der Waals surface area contributed by atoms with Gasteiger partial charge in [-0.05, 0) is 29.1 Å². The molecule has 0 radical (unpaired) electrons. The molecule has 0 saturated heterocycles. The Morgan fingerprint density at radius 1 is 0.867 bits per heavy atom. The van der Waals surface area contributed by atoms with Crippen molar-refractivity contribution in [3.05, 3.63) is 54.4 Å². The highest BCUT2D eigenvalue weighted by Crippen LogP contribution is 2.26. The van der Waals surface area contributed by atoms with Crippen LogP contribution in [0.25, 0.3) is 21.5 Å². The second-order valence-electron chi connectivity index (χ2n) is 3.78. The summed E-state index contributed by atoms with van der Waals surface area (Å²) >= 11 is 0. The van der Waals surface area contributed by atoms with E-state index in [1.165, 1.54) is 21.5 Å². The molecule has 0 atom stereocenters. The maximum atomic E-state index is 4.36. The Morgan fingerprint density at radius 3 is 2.60 bits per heavy atom. The van der Waals surface area contributed by atoms with E-state index in [1.807, 2.05) is 6.20 Å². The summed E-state index contributed by atoms with van der Waals surface area (Å²) in [4.78, 5) is 4.36. The van der Waals surface area contributed by atoms with E-state index in [1.54, 1.807) is 0 Å². The molecule has 72 valence electrons. The van der Waals surface area contributed by atoms with Crippen LogP contribution in [0.15, 0.2) is 48.7 Å². The Kier molecular flexibility index (Phi) is 1.72. The monoisotopic (exact) mass is 193 g/mol. The Bertz CT molecular complexity index is 641. The first-order valence-electron chi connectivity index (χ1n) is 5.09. The lowest BCUT2D eigenvalue weighted by molar-refractivity contribution is 1.24.